The number of fused-ring (bicyclic) bond motifs is 1. The number of benzene rings is 1. The van der Waals surface area contributed by atoms with Crippen molar-refractivity contribution >= 4 is 11.8 Å². The number of rotatable bonds is 6. The van der Waals surface area contributed by atoms with Crippen molar-refractivity contribution in [1.82, 2.24) is 5.32 Å². The van der Waals surface area contributed by atoms with Crippen LogP contribution in [0.1, 0.15) is 31.7 Å². The molecule has 1 aliphatic heterocycles. The fraction of sp³-hybridized carbons (Fsp3) is 0.625. The molecule has 3 rings (SSSR count). The summed E-state index contributed by atoms with van der Waals surface area (Å²) >= 11 is 1.78. The van der Waals surface area contributed by atoms with Crippen LogP contribution in [-0.2, 0) is 6.54 Å². The van der Waals surface area contributed by atoms with Crippen LogP contribution in [0.15, 0.2) is 17.0 Å². The van der Waals surface area contributed by atoms with E-state index in [-0.39, 0.29) is 0 Å². The fourth-order valence-corrected chi connectivity index (χ4v) is 3.49. The summed E-state index contributed by atoms with van der Waals surface area (Å²) < 4.78 is 11.3. The lowest BCUT2D eigenvalue weighted by molar-refractivity contribution is 0.171. The van der Waals surface area contributed by atoms with Gasteiger partial charge in [0.05, 0.1) is 0 Å². The molecule has 1 aromatic carbocycles. The van der Waals surface area contributed by atoms with E-state index in [9.17, 15) is 0 Å². The maximum atomic E-state index is 5.68. The summed E-state index contributed by atoms with van der Waals surface area (Å²) in [5.41, 5.74) is 1.32. The molecule has 0 aromatic heterocycles. The molecule has 2 atom stereocenters. The molecule has 0 bridgehead atoms. The Kier molecular flexibility index (Phi) is 4.41. The lowest BCUT2D eigenvalue weighted by Gasteiger charge is -2.21. The van der Waals surface area contributed by atoms with Crippen LogP contribution in [0.4, 0.5) is 0 Å². The second kappa shape index (κ2) is 6.27. The minimum atomic E-state index is 0.652. The lowest BCUT2D eigenvalue weighted by Crippen LogP contribution is -2.19. The van der Waals surface area contributed by atoms with Crippen molar-refractivity contribution in [1.29, 1.82) is 0 Å². The predicted octanol–water partition coefficient (Wildman–Crippen LogP) is 3.46. The molecule has 4 heteroatoms. The van der Waals surface area contributed by atoms with Crippen molar-refractivity contribution in [2.45, 2.75) is 43.7 Å². The number of thioether (sulfide) groups is 1. The first-order chi connectivity index (χ1) is 9.81. The Morgan fingerprint density at radius 2 is 2.00 bits per heavy atom. The van der Waals surface area contributed by atoms with Gasteiger partial charge in [-0.25, -0.2) is 0 Å². The van der Waals surface area contributed by atoms with E-state index < -0.39 is 0 Å². The molecule has 2 aliphatic rings. The third-order valence-electron chi connectivity index (χ3n) is 4.08. The first-order valence-corrected chi connectivity index (χ1v) is 8.74. The van der Waals surface area contributed by atoms with Gasteiger partial charge in [0.15, 0.2) is 11.5 Å². The van der Waals surface area contributed by atoms with Gasteiger partial charge in [0.1, 0.15) is 13.2 Å². The largest absolute Gasteiger partial charge is 0.486 e. The molecule has 1 fully saturated rings. The summed E-state index contributed by atoms with van der Waals surface area (Å²) in [4.78, 5) is 1.29. The first-order valence-electron chi connectivity index (χ1n) is 7.51. The number of nitrogens with one attached hydrogen (secondary N) is 1. The SMILES string of the molecule is CCCC1CC1NCc1cc2c(cc1SC)OCCO2. The van der Waals surface area contributed by atoms with Crippen molar-refractivity contribution in [3.05, 3.63) is 17.7 Å². The normalized spacial score (nSPS) is 23.7. The van der Waals surface area contributed by atoms with E-state index in [0.29, 0.717) is 13.2 Å². The molecule has 0 spiro atoms. The van der Waals surface area contributed by atoms with Crippen molar-refractivity contribution in [2.75, 3.05) is 19.5 Å². The van der Waals surface area contributed by atoms with Gasteiger partial charge in [0.25, 0.3) is 0 Å². The van der Waals surface area contributed by atoms with E-state index in [1.807, 2.05) is 0 Å². The molecule has 1 aliphatic carbocycles. The zero-order chi connectivity index (χ0) is 13.9. The summed E-state index contributed by atoms with van der Waals surface area (Å²) in [5, 5.41) is 3.68. The van der Waals surface area contributed by atoms with Gasteiger partial charge in [-0.2, -0.15) is 0 Å². The van der Waals surface area contributed by atoms with Crippen LogP contribution in [0.5, 0.6) is 11.5 Å². The third-order valence-corrected chi connectivity index (χ3v) is 4.90. The van der Waals surface area contributed by atoms with E-state index in [1.54, 1.807) is 11.8 Å². The van der Waals surface area contributed by atoms with Gasteiger partial charge in [-0.15, -0.1) is 11.8 Å². The molecule has 0 amide bonds. The van der Waals surface area contributed by atoms with Crippen LogP contribution in [0, 0.1) is 5.92 Å². The Hall–Kier alpha value is -0.870. The van der Waals surface area contributed by atoms with Crippen molar-refractivity contribution in [3.8, 4) is 11.5 Å². The zero-order valence-electron chi connectivity index (χ0n) is 12.3. The highest BCUT2D eigenvalue weighted by Gasteiger charge is 2.35. The molecule has 110 valence electrons. The van der Waals surface area contributed by atoms with Crippen LogP contribution < -0.4 is 14.8 Å². The molecular formula is C16H23NO2S. The minimum Gasteiger partial charge on any atom is -0.486 e. The van der Waals surface area contributed by atoms with Gasteiger partial charge in [0.2, 0.25) is 0 Å². The molecule has 0 radical (unpaired) electrons. The molecule has 2 unspecified atom stereocenters. The highest BCUT2D eigenvalue weighted by atomic mass is 32.2. The van der Waals surface area contributed by atoms with E-state index in [2.05, 4.69) is 30.6 Å². The smallest absolute Gasteiger partial charge is 0.162 e. The fourth-order valence-electron chi connectivity index (χ4n) is 2.87. The number of hydrogen-bond donors (Lipinski definition) is 1. The Balaban J connectivity index is 1.66. The Labute approximate surface area is 125 Å². The molecule has 0 saturated heterocycles. The maximum absolute atomic E-state index is 5.68. The van der Waals surface area contributed by atoms with E-state index in [1.165, 1.54) is 29.7 Å². The van der Waals surface area contributed by atoms with Gasteiger partial charge in [0, 0.05) is 17.5 Å². The summed E-state index contributed by atoms with van der Waals surface area (Å²) in [6.45, 7) is 4.50. The molecule has 3 nitrogen and oxygen atoms in total. The van der Waals surface area contributed by atoms with Crippen LogP contribution in [0.3, 0.4) is 0 Å². The van der Waals surface area contributed by atoms with E-state index in [0.717, 1.165) is 30.0 Å². The minimum absolute atomic E-state index is 0.652. The average molecular weight is 293 g/mol. The molecule has 20 heavy (non-hydrogen) atoms. The molecular weight excluding hydrogens is 270 g/mol. The number of hydrogen-bond acceptors (Lipinski definition) is 4. The van der Waals surface area contributed by atoms with Crippen molar-refractivity contribution < 1.29 is 9.47 Å². The van der Waals surface area contributed by atoms with Gasteiger partial charge in [-0.05, 0) is 42.7 Å². The second-order valence-electron chi connectivity index (χ2n) is 5.58. The van der Waals surface area contributed by atoms with Crippen LogP contribution in [0.25, 0.3) is 0 Å². The van der Waals surface area contributed by atoms with E-state index in [4.69, 9.17) is 9.47 Å². The van der Waals surface area contributed by atoms with Gasteiger partial charge < -0.3 is 14.8 Å². The Bertz CT molecular complexity index is 478. The third kappa shape index (κ3) is 3.07. The zero-order valence-corrected chi connectivity index (χ0v) is 13.1. The molecule has 1 heterocycles. The Morgan fingerprint density at radius 1 is 1.25 bits per heavy atom. The highest BCUT2D eigenvalue weighted by Crippen LogP contribution is 2.38. The topological polar surface area (TPSA) is 30.5 Å². The highest BCUT2D eigenvalue weighted by molar-refractivity contribution is 7.98. The summed E-state index contributed by atoms with van der Waals surface area (Å²) in [6, 6.07) is 4.98. The summed E-state index contributed by atoms with van der Waals surface area (Å²) in [5.74, 6) is 2.68. The van der Waals surface area contributed by atoms with E-state index >= 15 is 0 Å². The summed E-state index contributed by atoms with van der Waals surface area (Å²) in [7, 11) is 0. The number of ether oxygens (including phenoxy) is 2. The van der Waals surface area contributed by atoms with Crippen molar-refractivity contribution in [3.63, 3.8) is 0 Å². The molecule has 1 saturated carbocycles. The standard InChI is InChI=1S/C16H23NO2S/c1-3-4-11-7-13(11)17-10-12-8-14-15(9-16(12)20-2)19-6-5-18-14/h8-9,11,13,17H,3-7,10H2,1-2H3. The maximum Gasteiger partial charge on any atom is 0.162 e. The van der Waals surface area contributed by atoms with Gasteiger partial charge in [-0.3, -0.25) is 0 Å². The monoisotopic (exact) mass is 293 g/mol. The van der Waals surface area contributed by atoms with Crippen LogP contribution in [0.2, 0.25) is 0 Å². The molecule has 1 N–H and O–H groups in total. The van der Waals surface area contributed by atoms with Crippen molar-refractivity contribution in [2.24, 2.45) is 5.92 Å². The van der Waals surface area contributed by atoms with Gasteiger partial charge >= 0.3 is 0 Å². The molecule has 1 aromatic rings. The summed E-state index contributed by atoms with van der Waals surface area (Å²) in [6.07, 6.45) is 6.11. The lowest BCUT2D eigenvalue weighted by atomic mass is 10.2. The quantitative estimate of drug-likeness (QED) is 0.814. The van der Waals surface area contributed by atoms with Gasteiger partial charge in [-0.1, -0.05) is 13.3 Å². The first kappa shape index (κ1) is 14.1. The second-order valence-corrected chi connectivity index (χ2v) is 6.43. The predicted molar refractivity (Wildman–Crippen MR) is 82.9 cm³/mol. The van der Waals surface area contributed by atoms with Crippen LogP contribution in [-0.4, -0.2) is 25.5 Å². The van der Waals surface area contributed by atoms with Crippen LogP contribution >= 0.6 is 11.8 Å². The Morgan fingerprint density at radius 3 is 2.70 bits per heavy atom. The average Bonchev–Trinajstić information content (AvgIpc) is 3.22.